The first-order chi connectivity index (χ1) is 8.91. The average molecular weight is 319 g/mol. The molecule has 1 aromatic carbocycles. The van der Waals surface area contributed by atoms with Gasteiger partial charge in [0.1, 0.15) is 5.75 Å². The first-order valence-electron chi connectivity index (χ1n) is 6.55. The van der Waals surface area contributed by atoms with Gasteiger partial charge in [0.05, 0.1) is 12.4 Å². The van der Waals surface area contributed by atoms with Gasteiger partial charge < -0.3 is 4.74 Å². The zero-order chi connectivity index (χ0) is 15.6. The fourth-order valence-electron chi connectivity index (χ4n) is 1.99. The summed E-state index contributed by atoms with van der Waals surface area (Å²) in [4.78, 5) is 0. The van der Waals surface area contributed by atoms with Gasteiger partial charge in [0.15, 0.2) is 0 Å². The van der Waals surface area contributed by atoms with E-state index in [1.165, 1.54) is 0 Å². The maximum Gasteiger partial charge on any atom is 0.233 e. The third kappa shape index (κ3) is 5.71. The molecular formula is C15H23ClO3S. The fraction of sp³-hybridized carbons (Fsp3) is 0.600. The second-order valence-corrected chi connectivity index (χ2v) is 9.66. The highest BCUT2D eigenvalue weighted by atomic mass is 35.7. The van der Waals surface area contributed by atoms with Gasteiger partial charge in [0.2, 0.25) is 9.05 Å². The van der Waals surface area contributed by atoms with Crippen LogP contribution >= 0.6 is 10.7 Å². The topological polar surface area (TPSA) is 43.4 Å². The molecule has 0 spiro atoms. The predicted molar refractivity (Wildman–Crippen MR) is 84.1 cm³/mol. The summed E-state index contributed by atoms with van der Waals surface area (Å²) in [7, 11) is 1.79. The molecule has 0 aliphatic heterocycles. The number of para-hydroxylation sites is 1. The van der Waals surface area contributed by atoms with Gasteiger partial charge in [-0.15, -0.1) is 0 Å². The monoisotopic (exact) mass is 318 g/mol. The first kappa shape index (κ1) is 17.3. The summed E-state index contributed by atoms with van der Waals surface area (Å²) in [6, 6.07) is 7.82. The Hall–Kier alpha value is -0.740. The lowest BCUT2D eigenvalue weighted by Crippen LogP contribution is -2.29. The molecule has 3 nitrogen and oxygen atoms in total. The van der Waals surface area contributed by atoms with Crippen LogP contribution < -0.4 is 4.74 Å². The number of hydrogen-bond acceptors (Lipinski definition) is 3. The number of ether oxygens (including phenoxy) is 1. The van der Waals surface area contributed by atoms with Crippen molar-refractivity contribution in [2.75, 3.05) is 12.4 Å². The van der Waals surface area contributed by atoms with Gasteiger partial charge in [-0.1, -0.05) is 52.8 Å². The molecule has 0 atom stereocenters. The van der Waals surface area contributed by atoms with Crippen LogP contribution in [0.2, 0.25) is 0 Å². The normalized spacial score (nSPS) is 13.3. The van der Waals surface area contributed by atoms with Crippen LogP contribution in [-0.2, 0) is 14.5 Å². The Morgan fingerprint density at radius 3 is 2.15 bits per heavy atom. The molecule has 114 valence electrons. The molecular weight excluding hydrogens is 296 g/mol. The van der Waals surface area contributed by atoms with Crippen LogP contribution in [0.5, 0.6) is 5.75 Å². The highest BCUT2D eigenvalue weighted by Gasteiger charge is 2.27. The van der Waals surface area contributed by atoms with Crippen LogP contribution in [0.4, 0.5) is 0 Å². The number of rotatable bonds is 5. The van der Waals surface area contributed by atoms with E-state index in [0.29, 0.717) is 6.61 Å². The standard InChI is InChI=1S/C15H23ClO3S/c1-14(2,3)12-8-6-7-9-13(12)19-10-15(4,5)11-20(16,17)18/h6-9H,10-11H2,1-5H3. The van der Waals surface area contributed by atoms with E-state index in [0.717, 1.165) is 11.3 Å². The first-order valence-corrected chi connectivity index (χ1v) is 9.03. The van der Waals surface area contributed by atoms with Crippen molar-refractivity contribution >= 4 is 19.7 Å². The van der Waals surface area contributed by atoms with Crippen molar-refractivity contribution in [3.63, 3.8) is 0 Å². The van der Waals surface area contributed by atoms with Gasteiger partial charge in [0.25, 0.3) is 0 Å². The van der Waals surface area contributed by atoms with E-state index in [1.54, 1.807) is 0 Å². The molecule has 0 N–H and O–H groups in total. The second-order valence-electron chi connectivity index (χ2n) is 6.88. The van der Waals surface area contributed by atoms with E-state index < -0.39 is 14.5 Å². The number of halogens is 1. The zero-order valence-electron chi connectivity index (χ0n) is 12.7. The molecule has 5 heteroatoms. The largest absolute Gasteiger partial charge is 0.493 e. The Balaban J connectivity index is 2.86. The van der Waals surface area contributed by atoms with Gasteiger partial charge in [-0.2, -0.15) is 0 Å². The fourth-order valence-corrected chi connectivity index (χ4v) is 3.90. The summed E-state index contributed by atoms with van der Waals surface area (Å²) < 4.78 is 28.2. The third-order valence-electron chi connectivity index (χ3n) is 2.88. The summed E-state index contributed by atoms with van der Waals surface area (Å²) in [5.74, 6) is 0.680. The lowest BCUT2D eigenvalue weighted by molar-refractivity contribution is 0.197. The van der Waals surface area contributed by atoms with E-state index in [2.05, 4.69) is 20.8 Å². The Bertz CT molecular complexity index is 557. The van der Waals surface area contributed by atoms with Crippen molar-refractivity contribution in [1.29, 1.82) is 0 Å². The van der Waals surface area contributed by atoms with E-state index >= 15 is 0 Å². The summed E-state index contributed by atoms with van der Waals surface area (Å²) >= 11 is 0. The Morgan fingerprint density at radius 1 is 1.10 bits per heavy atom. The lowest BCUT2D eigenvalue weighted by atomic mass is 9.86. The molecule has 0 aliphatic rings. The number of benzene rings is 1. The van der Waals surface area contributed by atoms with Crippen LogP contribution in [0.1, 0.15) is 40.2 Å². The molecule has 0 amide bonds. The minimum Gasteiger partial charge on any atom is -0.493 e. The summed E-state index contributed by atoms with van der Waals surface area (Å²) in [5.41, 5.74) is 0.537. The van der Waals surface area contributed by atoms with Crippen LogP contribution in [-0.4, -0.2) is 20.8 Å². The highest BCUT2D eigenvalue weighted by Crippen LogP contribution is 2.32. The van der Waals surface area contributed by atoms with Crippen LogP contribution in [0.25, 0.3) is 0 Å². The van der Waals surface area contributed by atoms with Gasteiger partial charge in [-0.05, 0) is 17.0 Å². The Morgan fingerprint density at radius 2 is 1.65 bits per heavy atom. The minimum atomic E-state index is -3.53. The maximum atomic E-state index is 11.2. The number of hydrogen-bond donors (Lipinski definition) is 0. The van der Waals surface area contributed by atoms with E-state index in [9.17, 15) is 8.42 Å². The molecule has 0 fully saturated rings. The smallest absolute Gasteiger partial charge is 0.233 e. The minimum absolute atomic E-state index is 0.0285. The van der Waals surface area contributed by atoms with Crippen molar-refractivity contribution in [3.8, 4) is 5.75 Å². The summed E-state index contributed by atoms with van der Waals surface area (Å²) in [6.45, 7) is 10.3. The summed E-state index contributed by atoms with van der Waals surface area (Å²) in [6.07, 6.45) is 0. The molecule has 0 unspecified atom stereocenters. The molecule has 0 bridgehead atoms. The van der Waals surface area contributed by atoms with E-state index in [4.69, 9.17) is 15.4 Å². The third-order valence-corrected chi connectivity index (χ3v) is 4.33. The van der Waals surface area contributed by atoms with Crippen molar-refractivity contribution in [3.05, 3.63) is 29.8 Å². The van der Waals surface area contributed by atoms with Crippen molar-refractivity contribution in [2.45, 2.75) is 40.0 Å². The van der Waals surface area contributed by atoms with Crippen molar-refractivity contribution in [2.24, 2.45) is 5.41 Å². The van der Waals surface area contributed by atoms with Crippen molar-refractivity contribution < 1.29 is 13.2 Å². The summed E-state index contributed by atoms with van der Waals surface area (Å²) in [5, 5.41) is 0. The van der Waals surface area contributed by atoms with Gasteiger partial charge in [-0.25, -0.2) is 8.42 Å². The molecule has 1 rings (SSSR count). The van der Waals surface area contributed by atoms with Crippen LogP contribution in [0.15, 0.2) is 24.3 Å². The highest BCUT2D eigenvalue weighted by molar-refractivity contribution is 8.13. The van der Waals surface area contributed by atoms with Crippen LogP contribution in [0, 0.1) is 5.41 Å². The molecule has 0 aromatic heterocycles. The van der Waals surface area contributed by atoms with E-state index in [1.807, 2.05) is 38.1 Å². The zero-order valence-corrected chi connectivity index (χ0v) is 14.3. The molecule has 0 heterocycles. The predicted octanol–water partition coefficient (Wildman–Crippen LogP) is 3.96. The molecule has 1 aromatic rings. The van der Waals surface area contributed by atoms with Gasteiger partial charge in [-0.3, -0.25) is 0 Å². The van der Waals surface area contributed by atoms with Gasteiger partial charge in [0, 0.05) is 16.1 Å². The Kier molecular flexibility index (Phi) is 5.14. The SMILES string of the molecule is CC(C)(COc1ccccc1C(C)(C)C)CS(=O)(=O)Cl. The quantitative estimate of drug-likeness (QED) is 0.772. The molecule has 0 saturated carbocycles. The van der Waals surface area contributed by atoms with Crippen molar-refractivity contribution in [1.82, 2.24) is 0 Å². The average Bonchev–Trinajstić information content (AvgIpc) is 2.22. The van der Waals surface area contributed by atoms with E-state index in [-0.39, 0.29) is 11.2 Å². The Labute approximate surface area is 126 Å². The molecule has 0 aliphatic carbocycles. The lowest BCUT2D eigenvalue weighted by Gasteiger charge is -2.27. The second kappa shape index (κ2) is 5.94. The van der Waals surface area contributed by atoms with Crippen LogP contribution in [0.3, 0.4) is 0 Å². The van der Waals surface area contributed by atoms with Gasteiger partial charge >= 0.3 is 0 Å². The molecule has 0 radical (unpaired) electrons. The molecule has 0 saturated heterocycles. The molecule has 20 heavy (non-hydrogen) atoms. The maximum absolute atomic E-state index is 11.2.